The van der Waals surface area contributed by atoms with Gasteiger partial charge in [-0.05, 0) is 25.5 Å². The predicted octanol–water partition coefficient (Wildman–Crippen LogP) is 2.54. The van der Waals surface area contributed by atoms with E-state index in [4.69, 9.17) is 0 Å². The Labute approximate surface area is 145 Å². The van der Waals surface area contributed by atoms with E-state index in [1.54, 1.807) is 6.92 Å². The molecule has 130 valence electrons. The van der Waals surface area contributed by atoms with Gasteiger partial charge in [0.2, 0.25) is 6.41 Å². The summed E-state index contributed by atoms with van der Waals surface area (Å²) in [5, 5.41) is 2.14. The summed E-state index contributed by atoms with van der Waals surface area (Å²) < 4.78 is 9.64. The van der Waals surface area contributed by atoms with E-state index in [0.717, 1.165) is 0 Å². The van der Waals surface area contributed by atoms with Crippen LogP contribution >= 0.6 is 15.9 Å². The third-order valence-electron chi connectivity index (χ3n) is 2.39. The molecule has 1 aromatic carbocycles. The molecule has 23 heavy (non-hydrogen) atoms. The molecule has 0 aliphatic rings. The van der Waals surface area contributed by atoms with Crippen molar-refractivity contribution in [3.05, 3.63) is 33.8 Å². The van der Waals surface area contributed by atoms with Gasteiger partial charge in [-0.15, -0.1) is 0 Å². The van der Waals surface area contributed by atoms with Crippen molar-refractivity contribution in [2.45, 2.75) is 27.2 Å². The van der Waals surface area contributed by atoms with Crippen LogP contribution in [-0.2, 0) is 23.9 Å². The summed E-state index contributed by atoms with van der Waals surface area (Å²) in [4.78, 5) is 29.6. The second-order valence-electron chi connectivity index (χ2n) is 4.26. The quantitative estimate of drug-likeness (QED) is 0.631. The van der Waals surface area contributed by atoms with Gasteiger partial charge in [-0.25, -0.2) is 0 Å². The molecular formula is C16H24BrNO5. The van der Waals surface area contributed by atoms with Gasteiger partial charge in [-0.1, -0.05) is 40.5 Å². The van der Waals surface area contributed by atoms with E-state index in [1.807, 2.05) is 0 Å². The number of amides is 1. The minimum Gasteiger partial charge on any atom is -0.469 e. The van der Waals surface area contributed by atoms with Gasteiger partial charge >= 0.3 is 11.9 Å². The number of halogens is 1. The molecule has 7 heteroatoms. The molecule has 0 saturated heterocycles. The van der Waals surface area contributed by atoms with Crippen LogP contribution in [0.2, 0.25) is 0 Å². The van der Waals surface area contributed by atoms with Crippen LogP contribution in [0.25, 0.3) is 0 Å². The number of benzene rings is 1. The maximum atomic E-state index is 10.1. The van der Waals surface area contributed by atoms with Crippen LogP contribution in [0.5, 0.6) is 0 Å². The molecule has 0 aliphatic heterocycles. The van der Waals surface area contributed by atoms with Crippen LogP contribution < -0.4 is 5.32 Å². The molecule has 6 nitrogen and oxygen atoms in total. The fourth-order valence-corrected chi connectivity index (χ4v) is 1.38. The van der Waals surface area contributed by atoms with E-state index in [0.29, 0.717) is 12.8 Å². The van der Waals surface area contributed by atoms with Crippen molar-refractivity contribution in [1.29, 1.82) is 0 Å². The maximum absolute atomic E-state index is 10.1. The Morgan fingerprint density at radius 2 is 1.74 bits per heavy atom. The molecular weight excluding hydrogens is 366 g/mol. The maximum Gasteiger partial charge on any atom is 0.325 e. The Balaban J connectivity index is 0. The number of carbonyl (C=O) groups excluding carboxylic acids is 3. The SMILES string of the molecule is CCC(=O)OC.COC(=O)CNC=O.Cc1ccc(Br)c(C)c1. The van der Waals surface area contributed by atoms with Crippen LogP contribution in [0.1, 0.15) is 24.5 Å². The van der Waals surface area contributed by atoms with Gasteiger partial charge in [0.25, 0.3) is 0 Å². The number of ether oxygens (including phenoxy) is 2. The van der Waals surface area contributed by atoms with Crippen molar-refractivity contribution >= 4 is 34.3 Å². The van der Waals surface area contributed by atoms with Gasteiger partial charge in [0.15, 0.2) is 0 Å². The van der Waals surface area contributed by atoms with Crippen molar-refractivity contribution in [1.82, 2.24) is 5.32 Å². The van der Waals surface area contributed by atoms with Crippen LogP contribution in [0.15, 0.2) is 22.7 Å². The molecule has 0 saturated carbocycles. The molecule has 1 N–H and O–H groups in total. The molecule has 0 aromatic heterocycles. The zero-order valence-electron chi connectivity index (χ0n) is 14.1. The summed E-state index contributed by atoms with van der Waals surface area (Å²) in [5.74, 6) is -0.605. The first-order chi connectivity index (χ1) is 10.8. The number of carbonyl (C=O) groups is 3. The molecule has 0 atom stereocenters. The number of methoxy groups -OCH3 is 2. The Morgan fingerprint density at radius 3 is 2.04 bits per heavy atom. The summed E-state index contributed by atoms with van der Waals surface area (Å²) in [7, 11) is 2.64. The van der Waals surface area contributed by atoms with Crippen LogP contribution in [0.3, 0.4) is 0 Å². The van der Waals surface area contributed by atoms with E-state index >= 15 is 0 Å². The lowest BCUT2D eigenvalue weighted by atomic mass is 10.2. The smallest absolute Gasteiger partial charge is 0.325 e. The standard InChI is InChI=1S/C8H9Br.C4H7NO3.C4H8O2/c1-6-3-4-8(9)7(2)5-6;1-8-4(7)2-5-3-6;1-3-4(5)6-2/h3-5H,1-2H3;3H,2H2,1H3,(H,5,6);3H2,1-2H3. The lowest BCUT2D eigenvalue weighted by Crippen LogP contribution is -2.21. The Bertz CT molecular complexity index is 485. The molecule has 0 spiro atoms. The zero-order valence-corrected chi connectivity index (χ0v) is 15.7. The molecule has 1 aromatic rings. The zero-order chi connectivity index (χ0) is 18.3. The molecule has 0 heterocycles. The average Bonchev–Trinajstić information content (AvgIpc) is 2.56. The number of aryl methyl sites for hydroxylation is 2. The summed E-state index contributed by atoms with van der Waals surface area (Å²) in [6.07, 6.45) is 0.910. The summed E-state index contributed by atoms with van der Waals surface area (Å²) >= 11 is 3.43. The first-order valence-corrected chi connectivity index (χ1v) is 7.65. The topological polar surface area (TPSA) is 81.7 Å². The van der Waals surface area contributed by atoms with E-state index < -0.39 is 5.97 Å². The van der Waals surface area contributed by atoms with Gasteiger partial charge < -0.3 is 14.8 Å². The molecule has 0 unspecified atom stereocenters. The van der Waals surface area contributed by atoms with Gasteiger partial charge in [-0.3, -0.25) is 14.4 Å². The number of hydrogen-bond acceptors (Lipinski definition) is 5. The highest BCUT2D eigenvalue weighted by Crippen LogP contribution is 2.15. The Kier molecular flexibility index (Phi) is 15.3. The van der Waals surface area contributed by atoms with Crippen LogP contribution in [-0.4, -0.2) is 39.1 Å². The van der Waals surface area contributed by atoms with Crippen molar-refractivity contribution < 1.29 is 23.9 Å². The number of esters is 2. The Hall–Kier alpha value is -1.89. The van der Waals surface area contributed by atoms with Crippen LogP contribution in [0, 0.1) is 13.8 Å². The second kappa shape index (κ2) is 15.0. The highest BCUT2D eigenvalue weighted by molar-refractivity contribution is 9.10. The van der Waals surface area contributed by atoms with Gasteiger partial charge in [0.1, 0.15) is 6.54 Å². The van der Waals surface area contributed by atoms with Gasteiger partial charge in [0.05, 0.1) is 14.2 Å². The minimum atomic E-state index is -0.447. The van der Waals surface area contributed by atoms with Crippen molar-refractivity contribution in [2.75, 3.05) is 20.8 Å². The minimum absolute atomic E-state index is 0.0556. The van der Waals surface area contributed by atoms with Crippen molar-refractivity contribution in [2.24, 2.45) is 0 Å². The van der Waals surface area contributed by atoms with Crippen LogP contribution in [0.4, 0.5) is 0 Å². The molecule has 1 rings (SSSR count). The number of rotatable bonds is 4. The number of hydrogen-bond donors (Lipinski definition) is 1. The molecule has 0 aliphatic carbocycles. The normalized spacial score (nSPS) is 8.43. The van der Waals surface area contributed by atoms with Crippen molar-refractivity contribution in [3.63, 3.8) is 0 Å². The second-order valence-corrected chi connectivity index (χ2v) is 5.11. The average molecular weight is 390 g/mol. The van der Waals surface area contributed by atoms with E-state index in [2.05, 4.69) is 62.8 Å². The molecule has 1 amide bonds. The monoisotopic (exact) mass is 389 g/mol. The highest BCUT2D eigenvalue weighted by Gasteiger charge is 1.94. The fourth-order valence-electron chi connectivity index (χ4n) is 1.14. The van der Waals surface area contributed by atoms with E-state index in [-0.39, 0.29) is 12.5 Å². The summed E-state index contributed by atoms with van der Waals surface area (Å²) in [5.41, 5.74) is 2.62. The lowest BCUT2D eigenvalue weighted by Gasteiger charge is -1.96. The highest BCUT2D eigenvalue weighted by atomic mass is 79.9. The predicted molar refractivity (Wildman–Crippen MR) is 92.0 cm³/mol. The summed E-state index contributed by atoms with van der Waals surface area (Å²) in [6.45, 7) is 5.89. The molecule has 0 fully saturated rings. The van der Waals surface area contributed by atoms with E-state index in [9.17, 15) is 14.4 Å². The van der Waals surface area contributed by atoms with Gasteiger partial charge in [-0.2, -0.15) is 0 Å². The first kappa shape index (κ1) is 23.4. The lowest BCUT2D eigenvalue weighted by molar-refractivity contribution is -0.140. The molecule has 0 bridgehead atoms. The molecule has 0 radical (unpaired) electrons. The third kappa shape index (κ3) is 14.8. The van der Waals surface area contributed by atoms with Crippen molar-refractivity contribution in [3.8, 4) is 0 Å². The summed E-state index contributed by atoms with van der Waals surface area (Å²) in [6, 6.07) is 6.33. The fraction of sp³-hybridized carbons (Fsp3) is 0.438. The van der Waals surface area contributed by atoms with Gasteiger partial charge in [0, 0.05) is 10.9 Å². The first-order valence-electron chi connectivity index (χ1n) is 6.85. The number of nitrogens with one attached hydrogen (secondary N) is 1. The Morgan fingerprint density at radius 1 is 1.17 bits per heavy atom. The largest absolute Gasteiger partial charge is 0.469 e. The van der Waals surface area contributed by atoms with E-state index in [1.165, 1.54) is 29.8 Å². The third-order valence-corrected chi connectivity index (χ3v) is 3.28.